The number of alkyl halides is 1. The molecule has 1 aliphatic rings. The normalized spacial score (nSPS) is 15.7. The van der Waals surface area contributed by atoms with Crippen LogP contribution in [-0.2, 0) is 16.1 Å². The summed E-state index contributed by atoms with van der Waals surface area (Å²) in [5, 5.41) is 21.2. The predicted molar refractivity (Wildman–Crippen MR) is 149 cm³/mol. The smallest absolute Gasteiger partial charge is 0.340 e. The van der Waals surface area contributed by atoms with E-state index in [2.05, 4.69) is 5.32 Å². The fourth-order valence-electron chi connectivity index (χ4n) is 3.28. The minimum Gasteiger partial charge on any atom is -0.481 e. The van der Waals surface area contributed by atoms with Crippen molar-refractivity contribution in [3.63, 3.8) is 0 Å². The van der Waals surface area contributed by atoms with E-state index in [4.69, 9.17) is 38.2 Å². The highest BCUT2D eigenvalue weighted by Gasteiger charge is 2.43. The Morgan fingerprint density at radius 2 is 1.58 bits per heavy atom. The number of nitrogens with one attached hydrogen (secondary N) is 1. The molecule has 1 aliphatic carbocycles. The van der Waals surface area contributed by atoms with E-state index in [1.807, 2.05) is 62.4 Å². The Hall–Kier alpha value is -3.29. The van der Waals surface area contributed by atoms with Crippen LogP contribution in [0.5, 0.6) is 11.5 Å². The number of ether oxygens (including phenoxy) is 1. The topological polar surface area (TPSA) is 95.9 Å². The molecule has 4 rings (SSSR count). The molecular weight excluding hydrogens is 532 g/mol. The van der Waals surface area contributed by atoms with Crippen LogP contribution in [-0.4, -0.2) is 27.8 Å². The van der Waals surface area contributed by atoms with Crippen molar-refractivity contribution in [2.24, 2.45) is 5.92 Å². The molecule has 0 heterocycles. The van der Waals surface area contributed by atoms with Crippen molar-refractivity contribution < 1.29 is 28.9 Å². The fourth-order valence-corrected chi connectivity index (χ4v) is 3.57. The average Bonchev–Trinajstić information content (AvgIpc) is 3.68. The molecule has 6 nitrogen and oxygen atoms in total. The second-order valence-corrected chi connectivity index (χ2v) is 9.68. The first kappa shape index (κ1) is 30.9. The summed E-state index contributed by atoms with van der Waals surface area (Å²) in [5.41, 5.74) is 1.05. The summed E-state index contributed by atoms with van der Waals surface area (Å²) < 4.78 is 17.8. The van der Waals surface area contributed by atoms with E-state index < -0.39 is 17.6 Å². The van der Waals surface area contributed by atoms with Gasteiger partial charge in [0, 0.05) is 18.3 Å². The van der Waals surface area contributed by atoms with Gasteiger partial charge in [-0.3, -0.25) is 4.79 Å². The lowest BCUT2D eigenvalue weighted by molar-refractivity contribution is -0.148. The summed E-state index contributed by atoms with van der Waals surface area (Å²) in [6.45, 7) is 6.63. The zero-order valence-corrected chi connectivity index (χ0v) is 23.2. The van der Waals surface area contributed by atoms with E-state index in [0.717, 1.165) is 37.1 Å². The number of anilines is 1. The van der Waals surface area contributed by atoms with Crippen molar-refractivity contribution in [3.05, 3.63) is 87.9 Å². The number of hydrogen-bond donors (Lipinski definition) is 3. The van der Waals surface area contributed by atoms with Crippen molar-refractivity contribution in [2.45, 2.75) is 52.2 Å². The lowest BCUT2D eigenvalue weighted by Gasteiger charge is -2.10. The average molecular weight is 564 g/mol. The first-order chi connectivity index (χ1) is 17.9. The van der Waals surface area contributed by atoms with Crippen LogP contribution in [0.2, 0.25) is 10.0 Å². The monoisotopic (exact) mass is 563 g/mol. The minimum atomic E-state index is -2.08. The molecular formula is C29H32Cl2FNO5. The van der Waals surface area contributed by atoms with Crippen LogP contribution in [0.3, 0.4) is 0 Å². The molecule has 1 saturated carbocycles. The van der Waals surface area contributed by atoms with E-state index in [1.54, 1.807) is 18.2 Å². The van der Waals surface area contributed by atoms with Gasteiger partial charge < -0.3 is 20.3 Å². The number of halogens is 3. The molecule has 38 heavy (non-hydrogen) atoms. The SMILES string of the molecule is CC.CC(C)(F)C(=O)O.O=C(O)C1CC1c1ccc(NCc2cccc(Oc3ccc(Cl)c(Cl)c3)c2)cc1. The van der Waals surface area contributed by atoms with Crippen LogP contribution in [0, 0.1) is 5.92 Å². The Morgan fingerprint density at radius 3 is 2.11 bits per heavy atom. The molecule has 3 aromatic rings. The van der Waals surface area contributed by atoms with Crippen LogP contribution < -0.4 is 10.1 Å². The van der Waals surface area contributed by atoms with E-state index in [-0.39, 0.29) is 11.8 Å². The van der Waals surface area contributed by atoms with Crippen molar-refractivity contribution in [1.29, 1.82) is 0 Å². The zero-order chi connectivity index (χ0) is 28.5. The van der Waals surface area contributed by atoms with Gasteiger partial charge in [0.15, 0.2) is 0 Å². The Balaban J connectivity index is 0.000000491. The predicted octanol–water partition coefficient (Wildman–Crippen LogP) is 8.43. The minimum absolute atomic E-state index is 0.150. The molecule has 0 radical (unpaired) electrons. The maximum Gasteiger partial charge on any atom is 0.340 e. The Kier molecular flexibility index (Phi) is 11.4. The van der Waals surface area contributed by atoms with Gasteiger partial charge in [-0.25, -0.2) is 9.18 Å². The van der Waals surface area contributed by atoms with Gasteiger partial charge in [0.25, 0.3) is 0 Å². The number of hydrogen-bond acceptors (Lipinski definition) is 4. The fraction of sp³-hybridized carbons (Fsp3) is 0.310. The van der Waals surface area contributed by atoms with Crippen LogP contribution in [0.4, 0.5) is 10.1 Å². The summed E-state index contributed by atoms with van der Waals surface area (Å²) >= 11 is 12.0. The van der Waals surface area contributed by atoms with Gasteiger partial charge in [-0.15, -0.1) is 0 Å². The van der Waals surface area contributed by atoms with Gasteiger partial charge in [0.1, 0.15) is 11.5 Å². The molecule has 2 atom stereocenters. The van der Waals surface area contributed by atoms with Crippen LogP contribution in [0.1, 0.15) is 51.2 Å². The molecule has 0 bridgehead atoms. The third-order valence-corrected chi connectivity index (χ3v) is 6.22. The van der Waals surface area contributed by atoms with Gasteiger partial charge in [0.05, 0.1) is 16.0 Å². The molecule has 0 aliphatic heterocycles. The lowest BCUT2D eigenvalue weighted by atomic mass is 10.1. The molecule has 0 spiro atoms. The highest BCUT2D eigenvalue weighted by Crippen LogP contribution is 2.47. The molecule has 0 saturated heterocycles. The van der Waals surface area contributed by atoms with Gasteiger partial charge >= 0.3 is 11.9 Å². The maximum absolute atomic E-state index is 11.9. The molecule has 2 unspecified atom stereocenters. The van der Waals surface area contributed by atoms with E-state index in [9.17, 15) is 14.0 Å². The van der Waals surface area contributed by atoms with Crippen molar-refractivity contribution in [1.82, 2.24) is 0 Å². The molecule has 9 heteroatoms. The molecule has 0 amide bonds. The largest absolute Gasteiger partial charge is 0.481 e. The highest BCUT2D eigenvalue weighted by atomic mass is 35.5. The number of aliphatic carboxylic acids is 2. The van der Waals surface area contributed by atoms with Gasteiger partial charge in [-0.2, -0.15) is 0 Å². The highest BCUT2D eigenvalue weighted by molar-refractivity contribution is 6.42. The molecule has 204 valence electrons. The second kappa shape index (κ2) is 14.0. The first-order valence-electron chi connectivity index (χ1n) is 12.1. The third-order valence-electron chi connectivity index (χ3n) is 5.48. The summed E-state index contributed by atoms with van der Waals surface area (Å²) in [7, 11) is 0. The molecule has 3 aromatic carbocycles. The van der Waals surface area contributed by atoms with Crippen LogP contribution >= 0.6 is 23.2 Å². The number of benzene rings is 3. The summed E-state index contributed by atoms with van der Waals surface area (Å²) in [6, 6.07) is 20.9. The number of carbonyl (C=O) groups is 2. The summed E-state index contributed by atoms with van der Waals surface area (Å²) in [6.07, 6.45) is 0.730. The third kappa shape index (κ3) is 9.54. The Labute approximate surface area is 232 Å². The van der Waals surface area contributed by atoms with Crippen molar-refractivity contribution >= 4 is 40.8 Å². The maximum atomic E-state index is 11.9. The van der Waals surface area contributed by atoms with E-state index >= 15 is 0 Å². The molecule has 3 N–H and O–H groups in total. The first-order valence-corrected chi connectivity index (χ1v) is 12.9. The van der Waals surface area contributed by atoms with Gasteiger partial charge in [0.2, 0.25) is 5.67 Å². The second-order valence-electron chi connectivity index (χ2n) is 8.87. The molecule has 0 aromatic heterocycles. The van der Waals surface area contributed by atoms with Crippen LogP contribution in [0.25, 0.3) is 0 Å². The van der Waals surface area contributed by atoms with E-state index in [1.165, 1.54) is 0 Å². The number of rotatable bonds is 8. The quantitative estimate of drug-likeness (QED) is 0.254. The van der Waals surface area contributed by atoms with Crippen molar-refractivity contribution in [2.75, 3.05) is 5.32 Å². The molecule has 1 fully saturated rings. The zero-order valence-electron chi connectivity index (χ0n) is 21.7. The number of carboxylic acids is 2. The summed E-state index contributed by atoms with van der Waals surface area (Å²) in [5.74, 6) is -0.872. The summed E-state index contributed by atoms with van der Waals surface area (Å²) in [4.78, 5) is 20.7. The Bertz CT molecular complexity index is 1230. The van der Waals surface area contributed by atoms with Crippen LogP contribution in [0.15, 0.2) is 66.7 Å². The van der Waals surface area contributed by atoms with Crippen molar-refractivity contribution in [3.8, 4) is 11.5 Å². The standard InChI is InChI=1S/C23H19Cl2NO3.C4H7FO2.C2H6/c24-21-9-8-18(11-22(21)25)29-17-3-1-2-14(10-17)13-26-16-6-4-15(5-7-16)19-12-20(19)23(27)28;1-4(2,5)3(6)7;1-2/h1-11,19-20,26H,12-13H2,(H,27,28);1-2H3,(H,6,7);1-2H3. The van der Waals surface area contributed by atoms with Gasteiger partial charge in [-0.05, 0) is 73.7 Å². The van der Waals surface area contributed by atoms with Gasteiger partial charge in [-0.1, -0.05) is 61.3 Å². The number of carboxylic acid groups (broad SMARTS) is 2. The lowest BCUT2D eigenvalue weighted by Crippen LogP contribution is -2.24. The Morgan fingerprint density at radius 1 is 0.974 bits per heavy atom. The van der Waals surface area contributed by atoms with E-state index in [0.29, 0.717) is 28.1 Å².